The van der Waals surface area contributed by atoms with E-state index in [1.54, 1.807) is 16.0 Å². The number of thioether (sulfide) groups is 1. The summed E-state index contributed by atoms with van der Waals surface area (Å²) in [6, 6.07) is 4.05. The normalized spacial score (nSPS) is 12.5. The highest BCUT2D eigenvalue weighted by Crippen LogP contribution is 2.21. The average Bonchev–Trinajstić information content (AvgIpc) is 3.11. The molecule has 1 N–H and O–H groups in total. The van der Waals surface area contributed by atoms with Crippen LogP contribution in [0.3, 0.4) is 0 Å². The lowest BCUT2D eigenvalue weighted by Gasteiger charge is -2.12. The molecule has 2 aromatic rings. The number of hydrogen-bond donors (Lipinski definition) is 1. The van der Waals surface area contributed by atoms with Crippen LogP contribution in [-0.4, -0.2) is 37.9 Å². The summed E-state index contributed by atoms with van der Waals surface area (Å²) in [5, 5.41) is 17.2. The summed E-state index contributed by atoms with van der Waals surface area (Å²) < 4.78 is 1.73. The third-order valence-corrected chi connectivity index (χ3v) is 4.99. The number of aromatic nitrogens is 4. The summed E-state index contributed by atoms with van der Waals surface area (Å²) in [5.74, 6) is 0.609. The monoisotopic (exact) mass is 339 g/mol. The van der Waals surface area contributed by atoms with Gasteiger partial charge in [0, 0.05) is 11.4 Å². The first kappa shape index (κ1) is 17.0. The van der Waals surface area contributed by atoms with Crippen molar-refractivity contribution in [2.75, 3.05) is 6.54 Å². The van der Waals surface area contributed by atoms with Gasteiger partial charge in [-0.1, -0.05) is 31.7 Å². The van der Waals surface area contributed by atoms with Crippen LogP contribution in [0.2, 0.25) is 0 Å². The van der Waals surface area contributed by atoms with Gasteiger partial charge in [-0.15, -0.1) is 16.4 Å². The number of hydrogen-bond acceptors (Lipinski definition) is 6. The van der Waals surface area contributed by atoms with E-state index in [1.165, 1.54) is 16.6 Å². The Morgan fingerprint density at radius 2 is 2.27 bits per heavy atom. The number of thiophene rings is 1. The second-order valence-electron chi connectivity index (χ2n) is 5.43. The predicted molar refractivity (Wildman–Crippen MR) is 89.0 cm³/mol. The Hall–Kier alpha value is -1.41. The highest BCUT2D eigenvalue weighted by molar-refractivity contribution is 8.00. The van der Waals surface area contributed by atoms with E-state index in [0.29, 0.717) is 24.2 Å². The van der Waals surface area contributed by atoms with Gasteiger partial charge in [0.15, 0.2) is 0 Å². The SMILES string of the molecule is CC(C)CCNC(=O)C(C)Sc1nnnn1Cc1cccs1. The van der Waals surface area contributed by atoms with Gasteiger partial charge in [-0.3, -0.25) is 4.79 Å². The molecule has 120 valence electrons. The Bertz CT molecular complexity index is 582. The third-order valence-electron chi connectivity index (χ3n) is 3.06. The Morgan fingerprint density at radius 3 is 2.95 bits per heavy atom. The minimum atomic E-state index is -0.222. The van der Waals surface area contributed by atoms with E-state index in [1.807, 2.05) is 24.4 Å². The van der Waals surface area contributed by atoms with Crippen LogP contribution in [0.1, 0.15) is 32.1 Å². The molecule has 1 atom stereocenters. The summed E-state index contributed by atoms with van der Waals surface area (Å²) in [6.07, 6.45) is 0.985. The van der Waals surface area contributed by atoms with Crippen LogP contribution < -0.4 is 5.32 Å². The van der Waals surface area contributed by atoms with Crippen LogP contribution in [0.15, 0.2) is 22.7 Å². The number of nitrogens with zero attached hydrogens (tertiary/aromatic N) is 4. The molecule has 8 heteroatoms. The molecule has 2 heterocycles. The van der Waals surface area contributed by atoms with Gasteiger partial charge in [0.1, 0.15) is 0 Å². The maximum Gasteiger partial charge on any atom is 0.233 e. The summed E-state index contributed by atoms with van der Waals surface area (Å²) in [5.41, 5.74) is 0. The van der Waals surface area contributed by atoms with E-state index in [-0.39, 0.29) is 11.2 Å². The second-order valence-corrected chi connectivity index (χ2v) is 7.77. The van der Waals surface area contributed by atoms with E-state index < -0.39 is 0 Å². The Labute approximate surface area is 138 Å². The van der Waals surface area contributed by atoms with Crippen molar-refractivity contribution in [3.63, 3.8) is 0 Å². The fraction of sp³-hybridized carbons (Fsp3) is 0.571. The lowest BCUT2D eigenvalue weighted by molar-refractivity contribution is -0.120. The van der Waals surface area contributed by atoms with Crippen molar-refractivity contribution in [2.24, 2.45) is 5.92 Å². The molecule has 0 aliphatic rings. The fourth-order valence-corrected chi connectivity index (χ4v) is 3.27. The molecule has 2 rings (SSSR count). The third kappa shape index (κ3) is 5.10. The first-order valence-corrected chi connectivity index (χ1v) is 9.05. The zero-order valence-corrected chi connectivity index (χ0v) is 14.7. The summed E-state index contributed by atoms with van der Waals surface area (Å²) in [6.45, 7) is 7.50. The largest absolute Gasteiger partial charge is 0.355 e. The van der Waals surface area contributed by atoms with E-state index in [9.17, 15) is 4.79 Å². The van der Waals surface area contributed by atoms with E-state index in [2.05, 4.69) is 34.7 Å². The molecule has 2 aromatic heterocycles. The maximum absolute atomic E-state index is 12.1. The topological polar surface area (TPSA) is 72.7 Å². The Balaban J connectivity index is 1.87. The molecule has 0 spiro atoms. The molecule has 0 aromatic carbocycles. The molecule has 0 fully saturated rings. The van der Waals surface area contributed by atoms with Gasteiger partial charge in [-0.05, 0) is 41.1 Å². The highest BCUT2D eigenvalue weighted by Gasteiger charge is 2.18. The van der Waals surface area contributed by atoms with Gasteiger partial charge in [0.05, 0.1) is 11.8 Å². The fourth-order valence-electron chi connectivity index (χ4n) is 1.77. The Morgan fingerprint density at radius 1 is 1.45 bits per heavy atom. The van der Waals surface area contributed by atoms with Gasteiger partial charge in [0.2, 0.25) is 11.1 Å². The molecule has 0 radical (unpaired) electrons. The highest BCUT2D eigenvalue weighted by atomic mass is 32.2. The van der Waals surface area contributed by atoms with Gasteiger partial charge < -0.3 is 5.32 Å². The molecule has 1 unspecified atom stereocenters. The van der Waals surface area contributed by atoms with E-state index >= 15 is 0 Å². The van der Waals surface area contributed by atoms with Crippen molar-refractivity contribution in [1.82, 2.24) is 25.5 Å². The second kappa shape index (κ2) is 8.28. The van der Waals surface area contributed by atoms with Crippen LogP contribution in [0.5, 0.6) is 0 Å². The van der Waals surface area contributed by atoms with Crippen molar-refractivity contribution in [2.45, 2.75) is 44.1 Å². The molecule has 0 aliphatic heterocycles. The number of nitrogens with one attached hydrogen (secondary N) is 1. The molecular formula is C14H21N5OS2. The molecular weight excluding hydrogens is 318 g/mol. The Kier molecular flexibility index (Phi) is 6.38. The van der Waals surface area contributed by atoms with Crippen LogP contribution in [-0.2, 0) is 11.3 Å². The summed E-state index contributed by atoms with van der Waals surface area (Å²) in [7, 11) is 0. The number of carbonyl (C=O) groups excluding carboxylic acids is 1. The average molecular weight is 339 g/mol. The minimum absolute atomic E-state index is 0.0244. The number of rotatable bonds is 8. The molecule has 1 amide bonds. The first-order chi connectivity index (χ1) is 10.6. The van der Waals surface area contributed by atoms with Crippen molar-refractivity contribution in [3.05, 3.63) is 22.4 Å². The lowest BCUT2D eigenvalue weighted by atomic mass is 10.1. The van der Waals surface area contributed by atoms with E-state index in [4.69, 9.17) is 0 Å². The number of amides is 1. The molecule has 6 nitrogen and oxygen atoms in total. The quantitative estimate of drug-likeness (QED) is 0.748. The molecule has 0 aliphatic carbocycles. The van der Waals surface area contributed by atoms with Gasteiger partial charge in [-0.25, -0.2) is 4.68 Å². The van der Waals surface area contributed by atoms with Crippen LogP contribution in [0.25, 0.3) is 0 Å². The summed E-state index contributed by atoms with van der Waals surface area (Å²) >= 11 is 3.05. The molecule has 22 heavy (non-hydrogen) atoms. The zero-order valence-electron chi connectivity index (χ0n) is 13.0. The number of tetrazole rings is 1. The van der Waals surface area contributed by atoms with Crippen LogP contribution in [0.4, 0.5) is 0 Å². The lowest BCUT2D eigenvalue weighted by Crippen LogP contribution is -2.32. The molecule has 0 bridgehead atoms. The van der Waals surface area contributed by atoms with Crippen molar-refractivity contribution in [1.29, 1.82) is 0 Å². The first-order valence-electron chi connectivity index (χ1n) is 7.29. The van der Waals surface area contributed by atoms with Crippen molar-refractivity contribution in [3.8, 4) is 0 Å². The molecule has 0 saturated heterocycles. The zero-order chi connectivity index (χ0) is 15.9. The number of carbonyl (C=O) groups is 1. The van der Waals surface area contributed by atoms with Crippen LogP contribution in [0, 0.1) is 5.92 Å². The van der Waals surface area contributed by atoms with Gasteiger partial charge in [-0.2, -0.15) is 0 Å². The molecule has 0 saturated carbocycles. The van der Waals surface area contributed by atoms with Crippen LogP contribution >= 0.6 is 23.1 Å². The van der Waals surface area contributed by atoms with Gasteiger partial charge in [0.25, 0.3) is 0 Å². The van der Waals surface area contributed by atoms with E-state index in [0.717, 1.165) is 6.42 Å². The van der Waals surface area contributed by atoms with Crippen molar-refractivity contribution >= 4 is 29.0 Å². The smallest absolute Gasteiger partial charge is 0.233 e. The maximum atomic E-state index is 12.1. The predicted octanol–water partition coefficient (Wildman–Crippen LogP) is 2.43. The minimum Gasteiger partial charge on any atom is -0.355 e. The standard InChI is InChI=1S/C14H21N5OS2/c1-10(2)6-7-15-13(20)11(3)22-14-16-17-18-19(14)9-12-5-4-8-21-12/h4-5,8,10-11H,6-7,9H2,1-3H3,(H,15,20). The van der Waals surface area contributed by atoms with Gasteiger partial charge >= 0.3 is 0 Å². The summed E-state index contributed by atoms with van der Waals surface area (Å²) in [4.78, 5) is 13.3. The van der Waals surface area contributed by atoms with Crippen molar-refractivity contribution < 1.29 is 4.79 Å².